The molecule has 2 N–H and O–H groups in total. The Kier molecular flexibility index (Phi) is 2.24. The predicted molar refractivity (Wildman–Crippen MR) is 82.0 cm³/mol. The number of nitrogens with one attached hydrogen (secondary N) is 2. The largest absolute Gasteiger partial charge is 0.353 e. The number of rotatable bonds is 0. The summed E-state index contributed by atoms with van der Waals surface area (Å²) in [6, 6.07) is 9.95. The molecule has 4 rings (SSSR count). The van der Waals surface area contributed by atoms with E-state index in [-0.39, 0.29) is 5.91 Å². The van der Waals surface area contributed by atoms with Gasteiger partial charge >= 0.3 is 0 Å². The molecule has 0 aliphatic carbocycles. The van der Waals surface area contributed by atoms with Crippen molar-refractivity contribution in [1.82, 2.24) is 9.97 Å². The van der Waals surface area contributed by atoms with Gasteiger partial charge in [0.25, 0.3) is 0 Å². The van der Waals surface area contributed by atoms with Crippen molar-refractivity contribution in [2.24, 2.45) is 0 Å². The lowest BCUT2D eigenvalue weighted by molar-refractivity contribution is -0.115. The van der Waals surface area contributed by atoms with Gasteiger partial charge in [-0.05, 0) is 23.8 Å². The number of anilines is 1. The summed E-state index contributed by atoms with van der Waals surface area (Å²) in [6.45, 7) is 0. The van der Waals surface area contributed by atoms with Crippen molar-refractivity contribution in [3.63, 3.8) is 0 Å². The summed E-state index contributed by atoms with van der Waals surface area (Å²) in [5.41, 5.74) is 5.78. The van der Waals surface area contributed by atoms with Gasteiger partial charge in [-0.2, -0.15) is 0 Å². The van der Waals surface area contributed by atoms with E-state index in [4.69, 9.17) is 0 Å². The number of amides is 1. The highest BCUT2D eigenvalue weighted by molar-refractivity contribution is 6.33. The van der Waals surface area contributed by atoms with E-state index in [0.717, 1.165) is 33.5 Å². The van der Waals surface area contributed by atoms with Crippen LogP contribution in [-0.4, -0.2) is 23.7 Å². The maximum atomic E-state index is 12.1. The molecule has 3 heterocycles. The van der Waals surface area contributed by atoms with Gasteiger partial charge in [-0.3, -0.25) is 9.78 Å². The highest BCUT2D eigenvalue weighted by Gasteiger charge is 2.23. The van der Waals surface area contributed by atoms with E-state index in [1.165, 1.54) is 5.46 Å². The summed E-state index contributed by atoms with van der Waals surface area (Å²) in [6.07, 6.45) is 2.12. The zero-order valence-corrected chi connectivity index (χ0v) is 11.0. The van der Waals surface area contributed by atoms with Crippen molar-refractivity contribution < 1.29 is 4.79 Å². The van der Waals surface area contributed by atoms with E-state index in [9.17, 15) is 4.79 Å². The molecule has 4 nitrogen and oxygen atoms in total. The Balaban J connectivity index is 2.10. The van der Waals surface area contributed by atoms with Crippen LogP contribution in [0.4, 0.5) is 5.69 Å². The van der Waals surface area contributed by atoms with E-state index in [0.29, 0.717) is 6.42 Å². The number of H-pyrrole nitrogens is 1. The highest BCUT2D eigenvalue weighted by Crippen LogP contribution is 2.35. The first kappa shape index (κ1) is 11.3. The van der Waals surface area contributed by atoms with E-state index in [1.807, 2.05) is 12.1 Å². The van der Waals surface area contributed by atoms with Gasteiger partial charge in [0.05, 0.1) is 17.8 Å². The number of carbonyl (C=O) groups excluding carboxylic acids is 1. The molecule has 0 saturated heterocycles. The second kappa shape index (κ2) is 3.97. The molecule has 3 aromatic rings. The summed E-state index contributed by atoms with van der Waals surface area (Å²) in [7, 11) is 2.06. The molecule has 0 bridgehead atoms. The Bertz CT molecular complexity index is 853. The Morgan fingerprint density at radius 1 is 1.25 bits per heavy atom. The van der Waals surface area contributed by atoms with Gasteiger partial charge < -0.3 is 10.3 Å². The molecule has 5 heteroatoms. The fraction of sp³-hybridized carbons (Fsp3) is 0.0667. The number of pyridine rings is 1. The Morgan fingerprint density at radius 2 is 2.15 bits per heavy atom. The highest BCUT2D eigenvalue weighted by atomic mass is 16.1. The monoisotopic (exact) mass is 261 g/mol. The van der Waals surface area contributed by atoms with Gasteiger partial charge in [-0.1, -0.05) is 17.6 Å². The smallest absolute Gasteiger partial charge is 0.228 e. The number of carbonyl (C=O) groups is 1. The predicted octanol–water partition coefficient (Wildman–Crippen LogP) is 0.983. The maximum Gasteiger partial charge on any atom is 0.228 e. The summed E-state index contributed by atoms with van der Waals surface area (Å²) in [5.74, 6) is 0.000376. The second-order valence-corrected chi connectivity index (χ2v) is 5.15. The van der Waals surface area contributed by atoms with Crippen molar-refractivity contribution in [1.29, 1.82) is 0 Å². The third kappa shape index (κ3) is 1.56. The van der Waals surface area contributed by atoms with Crippen LogP contribution in [0.15, 0.2) is 36.5 Å². The average molecular weight is 261 g/mol. The third-order valence-corrected chi connectivity index (χ3v) is 3.72. The van der Waals surface area contributed by atoms with Gasteiger partial charge in [0.1, 0.15) is 13.5 Å². The normalized spacial score (nSPS) is 13.5. The van der Waals surface area contributed by atoms with E-state index < -0.39 is 0 Å². The van der Waals surface area contributed by atoms with Crippen molar-refractivity contribution in [3.8, 4) is 11.4 Å². The van der Waals surface area contributed by atoms with Crippen LogP contribution < -0.4 is 10.8 Å². The minimum atomic E-state index is 0.000376. The lowest BCUT2D eigenvalue weighted by atomic mass is 9.93. The summed E-state index contributed by atoms with van der Waals surface area (Å²) in [5, 5.41) is 4.02. The first-order valence-electron chi connectivity index (χ1n) is 6.59. The fourth-order valence-corrected chi connectivity index (χ4v) is 2.81. The van der Waals surface area contributed by atoms with Crippen molar-refractivity contribution in [2.45, 2.75) is 6.42 Å². The molecule has 20 heavy (non-hydrogen) atoms. The zero-order chi connectivity index (χ0) is 13.7. The van der Waals surface area contributed by atoms with Gasteiger partial charge in [0.2, 0.25) is 5.91 Å². The molecule has 0 unspecified atom stereocenters. The Morgan fingerprint density at radius 3 is 3.05 bits per heavy atom. The molecule has 0 spiro atoms. The van der Waals surface area contributed by atoms with Crippen molar-refractivity contribution in [2.75, 3.05) is 5.32 Å². The first-order valence-corrected chi connectivity index (χ1v) is 6.59. The molecule has 1 aliphatic heterocycles. The topological polar surface area (TPSA) is 57.8 Å². The van der Waals surface area contributed by atoms with Crippen LogP contribution in [0.1, 0.15) is 5.56 Å². The van der Waals surface area contributed by atoms with E-state index in [2.05, 4.69) is 41.3 Å². The van der Waals surface area contributed by atoms with Crippen LogP contribution in [0.3, 0.4) is 0 Å². The van der Waals surface area contributed by atoms with E-state index in [1.54, 1.807) is 6.20 Å². The van der Waals surface area contributed by atoms with Gasteiger partial charge in [0, 0.05) is 17.1 Å². The Hall–Kier alpha value is -2.56. The number of fused-ring (bicyclic) bond motifs is 5. The van der Waals surface area contributed by atoms with Crippen LogP contribution in [0, 0.1) is 0 Å². The summed E-state index contributed by atoms with van der Waals surface area (Å²) < 4.78 is 0. The minimum Gasteiger partial charge on any atom is -0.353 e. The SMILES string of the molecule is Bc1ccc2[nH]c3c(c2c1)CC(=O)Nc1cccnc1-3. The molecule has 1 aromatic carbocycles. The number of hydrogen-bond donors (Lipinski definition) is 2. The Labute approximate surface area is 116 Å². The maximum absolute atomic E-state index is 12.1. The molecular weight excluding hydrogens is 249 g/mol. The van der Waals surface area contributed by atoms with Crippen LogP contribution in [0.25, 0.3) is 22.3 Å². The van der Waals surface area contributed by atoms with Gasteiger partial charge in [-0.25, -0.2) is 0 Å². The zero-order valence-electron chi connectivity index (χ0n) is 11.0. The second-order valence-electron chi connectivity index (χ2n) is 5.15. The lowest BCUT2D eigenvalue weighted by Crippen LogP contribution is -2.12. The quantitative estimate of drug-likeness (QED) is 0.593. The van der Waals surface area contributed by atoms with Crippen LogP contribution in [-0.2, 0) is 11.2 Å². The number of aromatic amines is 1. The summed E-state index contributed by atoms with van der Waals surface area (Å²) >= 11 is 0. The molecule has 0 radical (unpaired) electrons. The number of hydrogen-bond acceptors (Lipinski definition) is 2. The van der Waals surface area contributed by atoms with Gasteiger partial charge in [0.15, 0.2) is 0 Å². The molecule has 1 amide bonds. The van der Waals surface area contributed by atoms with E-state index >= 15 is 0 Å². The lowest BCUT2D eigenvalue weighted by Gasteiger charge is -2.04. The van der Waals surface area contributed by atoms with Crippen molar-refractivity contribution in [3.05, 3.63) is 42.1 Å². The van der Waals surface area contributed by atoms with Crippen LogP contribution in [0.2, 0.25) is 0 Å². The standard InChI is InChI=1S/C15H12BN3O/c16-8-3-4-11-9(6-8)10-7-13(20)18-12-2-1-5-17-15(12)14(10)19-11/h1-6,19H,7,16H2,(H,18,20). The molecule has 1 aliphatic rings. The van der Waals surface area contributed by atoms with Crippen LogP contribution in [0.5, 0.6) is 0 Å². The summed E-state index contributed by atoms with van der Waals surface area (Å²) in [4.78, 5) is 19.9. The first-order chi connectivity index (χ1) is 9.72. The number of aromatic nitrogens is 2. The number of nitrogens with zero attached hydrogens (tertiary/aromatic N) is 1. The molecule has 0 fully saturated rings. The molecule has 0 atom stereocenters. The minimum absolute atomic E-state index is 0.000376. The fourth-order valence-electron chi connectivity index (χ4n) is 2.81. The molecular formula is C15H12BN3O. The average Bonchev–Trinajstić information content (AvgIpc) is 2.70. The molecule has 2 aromatic heterocycles. The number of benzene rings is 1. The molecule has 0 saturated carbocycles. The third-order valence-electron chi connectivity index (χ3n) is 3.72. The van der Waals surface area contributed by atoms with Gasteiger partial charge in [-0.15, -0.1) is 0 Å². The van der Waals surface area contributed by atoms with Crippen LogP contribution >= 0.6 is 0 Å². The molecule has 96 valence electrons. The van der Waals surface area contributed by atoms with Crippen molar-refractivity contribution >= 4 is 35.8 Å².